The Bertz CT molecular complexity index is 1480. The maximum Gasteiger partial charge on any atom is 0.277 e. The standard InChI is InChI=1S/C31H44F3N7O5S/c1-4-37-47(43,44)38-23-6-7-24(45-17-23)15-39-11-9-31(10-12-39)18-40(19-31)29-27(14-35-20-36-29)46-26-8-5-22(32)13-25(26)30(42)41(21(2)3)16-28(33)34/h5,8,13-14,20-21,23-24,28,37-38H,4,6-7,9-12,15-19H2,1-3H3/t23-,24+/m1/s1. The first-order chi connectivity index (χ1) is 22.4. The molecule has 3 aliphatic rings. The maximum atomic E-state index is 14.3. The quantitative estimate of drug-likeness (QED) is 0.327. The summed E-state index contributed by atoms with van der Waals surface area (Å²) in [5.74, 6) is -0.587. The molecule has 1 aromatic heterocycles. The maximum absolute atomic E-state index is 14.3. The number of carbonyl (C=O) groups is 1. The van der Waals surface area contributed by atoms with E-state index in [4.69, 9.17) is 9.47 Å². The number of amides is 1. The van der Waals surface area contributed by atoms with Gasteiger partial charge in [0.15, 0.2) is 11.6 Å². The summed E-state index contributed by atoms with van der Waals surface area (Å²) in [6.07, 6.45) is 3.71. The van der Waals surface area contributed by atoms with Crippen LogP contribution in [0.4, 0.5) is 19.0 Å². The highest BCUT2D eigenvalue weighted by Crippen LogP contribution is 2.45. The lowest BCUT2D eigenvalue weighted by molar-refractivity contribution is -0.0299. The normalized spacial score (nSPS) is 21.7. The van der Waals surface area contributed by atoms with E-state index in [2.05, 4.69) is 29.2 Å². The van der Waals surface area contributed by atoms with E-state index in [0.717, 1.165) is 75.4 Å². The third-order valence-electron chi connectivity index (χ3n) is 9.03. The molecule has 3 saturated heterocycles. The van der Waals surface area contributed by atoms with Gasteiger partial charge in [0, 0.05) is 43.7 Å². The average Bonchev–Trinajstić information content (AvgIpc) is 3.00. The molecule has 2 N–H and O–H groups in total. The fraction of sp³-hybridized carbons (Fsp3) is 0.645. The third kappa shape index (κ3) is 8.90. The zero-order valence-corrected chi connectivity index (χ0v) is 27.8. The van der Waals surface area contributed by atoms with E-state index >= 15 is 0 Å². The van der Waals surface area contributed by atoms with Gasteiger partial charge in [-0.1, -0.05) is 6.92 Å². The molecular weight excluding hydrogens is 639 g/mol. The molecule has 5 rings (SSSR count). The van der Waals surface area contributed by atoms with Crippen molar-refractivity contribution in [2.45, 2.75) is 71.1 Å². The zero-order valence-electron chi connectivity index (χ0n) is 27.0. The minimum Gasteiger partial charge on any atom is -0.451 e. The van der Waals surface area contributed by atoms with Crippen molar-refractivity contribution in [2.75, 3.05) is 57.3 Å². The number of nitrogens with one attached hydrogen (secondary N) is 2. The Morgan fingerprint density at radius 1 is 1.19 bits per heavy atom. The van der Waals surface area contributed by atoms with Crippen molar-refractivity contribution in [3.8, 4) is 11.5 Å². The molecule has 0 unspecified atom stereocenters. The second kappa shape index (κ2) is 15.0. The van der Waals surface area contributed by atoms with Crippen LogP contribution in [-0.4, -0.2) is 111 Å². The summed E-state index contributed by atoms with van der Waals surface area (Å²) >= 11 is 0. The highest BCUT2D eigenvalue weighted by molar-refractivity contribution is 7.87. The van der Waals surface area contributed by atoms with Crippen LogP contribution in [-0.2, 0) is 14.9 Å². The summed E-state index contributed by atoms with van der Waals surface area (Å²) in [6.45, 7) is 9.03. The zero-order chi connectivity index (χ0) is 33.8. The van der Waals surface area contributed by atoms with Crippen molar-refractivity contribution in [3.63, 3.8) is 0 Å². The number of hydrogen-bond acceptors (Lipinski definition) is 9. The molecule has 12 nitrogen and oxygen atoms in total. The summed E-state index contributed by atoms with van der Waals surface area (Å²) < 4.78 is 81.9. The molecule has 0 aliphatic carbocycles. The van der Waals surface area contributed by atoms with Gasteiger partial charge in [-0.15, -0.1) is 0 Å². The lowest BCUT2D eigenvalue weighted by atomic mass is 9.72. The van der Waals surface area contributed by atoms with Gasteiger partial charge in [-0.2, -0.15) is 13.1 Å². The molecule has 1 amide bonds. The number of nitrogens with zero attached hydrogens (tertiary/aromatic N) is 5. The van der Waals surface area contributed by atoms with Gasteiger partial charge in [0.2, 0.25) is 0 Å². The average molecular weight is 684 g/mol. The highest BCUT2D eigenvalue weighted by atomic mass is 32.2. The SMILES string of the molecule is CCNS(=O)(=O)N[C@@H]1CC[C@@H](CN2CCC3(CC2)CN(c2ncncc2Oc2ccc(F)cc2C(=O)N(CC(F)F)C(C)C)C3)OC1. The van der Waals surface area contributed by atoms with Crippen LogP contribution < -0.4 is 19.1 Å². The van der Waals surface area contributed by atoms with Gasteiger partial charge in [-0.05, 0) is 70.8 Å². The number of hydrogen-bond donors (Lipinski definition) is 2. The summed E-state index contributed by atoms with van der Waals surface area (Å²) in [7, 11) is -3.51. The van der Waals surface area contributed by atoms with Gasteiger partial charge < -0.3 is 24.2 Å². The third-order valence-corrected chi connectivity index (χ3v) is 10.3. The molecule has 1 spiro atoms. The van der Waals surface area contributed by atoms with Crippen molar-refractivity contribution in [1.29, 1.82) is 0 Å². The molecule has 3 aliphatic heterocycles. The number of ether oxygens (including phenoxy) is 2. The van der Waals surface area contributed by atoms with Crippen molar-refractivity contribution in [3.05, 3.63) is 42.1 Å². The van der Waals surface area contributed by atoms with Crippen molar-refractivity contribution >= 4 is 21.9 Å². The Morgan fingerprint density at radius 3 is 2.57 bits per heavy atom. The number of anilines is 1. The van der Waals surface area contributed by atoms with Crippen LogP contribution in [0.3, 0.4) is 0 Å². The molecule has 3 fully saturated rings. The lowest BCUT2D eigenvalue weighted by Gasteiger charge is -2.54. The number of alkyl halides is 2. The van der Waals surface area contributed by atoms with Crippen LogP contribution in [0.1, 0.15) is 56.8 Å². The highest BCUT2D eigenvalue weighted by Gasteiger charge is 2.46. The minimum absolute atomic E-state index is 0.0298. The molecule has 1 aromatic carbocycles. The van der Waals surface area contributed by atoms with Crippen molar-refractivity contribution in [1.82, 2.24) is 29.2 Å². The largest absolute Gasteiger partial charge is 0.451 e. The number of carbonyl (C=O) groups excluding carboxylic acids is 1. The lowest BCUT2D eigenvalue weighted by Crippen LogP contribution is -2.61. The smallest absolute Gasteiger partial charge is 0.277 e. The number of aromatic nitrogens is 2. The van der Waals surface area contributed by atoms with E-state index in [0.29, 0.717) is 19.0 Å². The molecule has 0 saturated carbocycles. The molecule has 4 heterocycles. The molecule has 47 heavy (non-hydrogen) atoms. The molecule has 260 valence electrons. The van der Waals surface area contributed by atoms with E-state index in [1.54, 1.807) is 20.8 Å². The Labute approximate surface area is 274 Å². The summed E-state index contributed by atoms with van der Waals surface area (Å²) in [5, 5.41) is 0. The molecule has 0 radical (unpaired) electrons. The van der Waals surface area contributed by atoms with E-state index in [1.165, 1.54) is 18.6 Å². The monoisotopic (exact) mass is 683 g/mol. The number of piperidine rings is 1. The summed E-state index contributed by atoms with van der Waals surface area (Å²) in [6, 6.07) is 2.69. The fourth-order valence-electron chi connectivity index (χ4n) is 6.55. The van der Waals surface area contributed by atoms with Gasteiger partial charge in [0.25, 0.3) is 22.5 Å². The second-order valence-electron chi connectivity index (χ2n) is 12.9. The van der Waals surface area contributed by atoms with Crippen LogP contribution in [0.25, 0.3) is 0 Å². The van der Waals surface area contributed by atoms with Gasteiger partial charge in [-0.25, -0.2) is 27.9 Å². The molecular formula is C31H44F3N7O5S. The first-order valence-corrected chi connectivity index (χ1v) is 17.6. The van der Waals surface area contributed by atoms with Crippen LogP contribution in [0.2, 0.25) is 0 Å². The molecule has 2 aromatic rings. The number of rotatable bonds is 13. The Balaban J connectivity index is 1.16. The Kier molecular flexibility index (Phi) is 11.3. The topological polar surface area (TPSA) is 129 Å². The van der Waals surface area contributed by atoms with Gasteiger partial charge >= 0.3 is 0 Å². The number of benzene rings is 1. The fourth-order valence-corrected chi connectivity index (χ4v) is 7.64. The van der Waals surface area contributed by atoms with Gasteiger partial charge in [0.05, 0.1) is 31.0 Å². The first kappa shape index (κ1) is 35.3. The molecule has 16 heteroatoms. The van der Waals surface area contributed by atoms with E-state index in [9.17, 15) is 26.4 Å². The van der Waals surface area contributed by atoms with Crippen molar-refractivity contribution in [2.24, 2.45) is 5.41 Å². The number of likely N-dealkylation sites (tertiary alicyclic amines) is 1. The predicted octanol–water partition coefficient (Wildman–Crippen LogP) is 3.42. The van der Waals surface area contributed by atoms with Crippen LogP contribution in [0, 0.1) is 11.2 Å². The second-order valence-corrected chi connectivity index (χ2v) is 14.4. The van der Waals surface area contributed by atoms with E-state index in [-0.39, 0.29) is 34.6 Å². The van der Waals surface area contributed by atoms with Crippen LogP contribution in [0.5, 0.6) is 11.5 Å². The summed E-state index contributed by atoms with van der Waals surface area (Å²) in [4.78, 5) is 27.3. The van der Waals surface area contributed by atoms with Gasteiger partial charge in [0.1, 0.15) is 17.9 Å². The molecule has 0 bridgehead atoms. The van der Waals surface area contributed by atoms with Crippen LogP contribution in [0.15, 0.2) is 30.7 Å². The van der Waals surface area contributed by atoms with Gasteiger partial charge in [-0.3, -0.25) is 4.79 Å². The Hall–Kier alpha value is -3.05. The van der Waals surface area contributed by atoms with E-state index in [1.807, 2.05) is 0 Å². The predicted molar refractivity (Wildman–Crippen MR) is 169 cm³/mol. The van der Waals surface area contributed by atoms with Crippen LogP contribution >= 0.6 is 0 Å². The van der Waals surface area contributed by atoms with Crippen molar-refractivity contribution < 1.29 is 35.9 Å². The first-order valence-electron chi connectivity index (χ1n) is 16.1. The van der Waals surface area contributed by atoms with E-state index < -0.39 is 40.9 Å². The molecule has 2 atom stereocenters. The summed E-state index contributed by atoms with van der Waals surface area (Å²) in [5.41, 5.74) is -0.0416. The Morgan fingerprint density at radius 2 is 1.94 bits per heavy atom. The minimum atomic E-state index is -3.51. The number of halogens is 3.